The Hall–Kier alpha value is -1.26. The molecule has 0 fully saturated rings. The zero-order chi connectivity index (χ0) is 12.0. The van der Waals surface area contributed by atoms with Gasteiger partial charge in [0.05, 0.1) is 0 Å². The fourth-order valence-corrected chi connectivity index (χ4v) is 1.35. The lowest BCUT2D eigenvalue weighted by molar-refractivity contribution is -0.145. The van der Waals surface area contributed by atoms with Crippen LogP contribution in [0.3, 0.4) is 0 Å². The molecule has 0 unspecified atom stereocenters. The molecular formula is C11H14ClNO3. The van der Waals surface area contributed by atoms with Gasteiger partial charge in [0.15, 0.2) is 6.61 Å². The molecule has 0 spiro atoms. The molecule has 0 saturated heterocycles. The Balaban J connectivity index is 2.45. The number of aryl methyl sites for hydroxylation is 1. The van der Waals surface area contributed by atoms with Crippen LogP contribution in [0.25, 0.3) is 0 Å². The van der Waals surface area contributed by atoms with Crippen LogP contribution in [0.4, 0.5) is 0 Å². The Kier molecular flexibility index (Phi) is 5.08. The normalized spacial score (nSPS) is 9.94. The summed E-state index contributed by atoms with van der Waals surface area (Å²) in [6.45, 7) is 2.25. The maximum atomic E-state index is 11.1. The van der Waals surface area contributed by atoms with Crippen molar-refractivity contribution in [1.82, 2.24) is 0 Å². The number of hydrogen-bond donors (Lipinski definition) is 1. The van der Waals surface area contributed by atoms with E-state index in [0.29, 0.717) is 17.3 Å². The summed E-state index contributed by atoms with van der Waals surface area (Å²) in [5.41, 5.74) is 6.07. The first-order chi connectivity index (χ1) is 7.63. The summed E-state index contributed by atoms with van der Waals surface area (Å²) in [6, 6.07) is 5.19. The minimum absolute atomic E-state index is 0.123. The molecule has 1 aromatic carbocycles. The molecule has 0 saturated carbocycles. The van der Waals surface area contributed by atoms with Crippen LogP contribution in [0, 0.1) is 6.92 Å². The standard InChI is InChI=1S/C11H14ClNO3/c1-8-6-9(12)2-3-10(8)16-7-11(14)15-5-4-13/h2-3,6H,4-5,7,13H2,1H3. The Morgan fingerprint density at radius 2 is 2.25 bits per heavy atom. The second-order valence-electron chi connectivity index (χ2n) is 3.21. The molecule has 1 rings (SSSR count). The number of rotatable bonds is 5. The summed E-state index contributed by atoms with van der Waals surface area (Å²) in [4.78, 5) is 11.1. The first kappa shape index (κ1) is 12.8. The molecule has 1 aromatic rings. The lowest BCUT2D eigenvalue weighted by atomic mass is 10.2. The zero-order valence-corrected chi connectivity index (χ0v) is 9.79. The molecule has 0 aliphatic rings. The molecule has 0 atom stereocenters. The molecule has 0 aromatic heterocycles. The number of benzene rings is 1. The molecule has 0 aliphatic carbocycles. The van der Waals surface area contributed by atoms with Gasteiger partial charge in [-0.05, 0) is 30.7 Å². The van der Waals surface area contributed by atoms with Crippen LogP contribution in [0.15, 0.2) is 18.2 Å². The lowest BCUT2D eigenvalue weighted by Crippen LogP contribution is -2.19. The molecule has 5 heteroatoms. The predicted molar refractivity (Wildman–Crippen MR) is 61.7 cm³/mol. The number of esters is 1. The van der Waals surface area contributed by atoms with Gasteiger partial charge >= 0.3 is 5.97 Å². The van der Waals surface area contributed by atoms with Gasteiger partial charge < -0.3 is 15.2 Å². The Labute approximate surface area is 99.3 Å². The van der Waals surface area contributed by atoms with Crippen molar-refractivity contribution in [2.24, 2.45) is 5.73 Å². The maximum Gasteiger partial charge on any atom is 0.344 e. The van der Waals surface area contributed by atoms with Crippen molar-refractivity contribution in [3.8, 4) is 5.75 Å². The Morgan fingerprint density at radius 1 is 1.50 bits per heavy atom. The van der Waals surface area contributed by atoms with Crippen LogP contribution < -0.4 is 10.5 Å². The minimum Gasteiger partial charge on any atom is -0.482 e. The van der Waals surface area contributed by atoms with Crippen LogP contribution in [0.2, 0.25) is 5.02 Å². The fraction of sp³-hybridized carbons (Fsp3) is 0.364. The summed E-state index contributed by atoms with van der Waals surface area (Å²) in [5.74, 6) is 0.189. The smallest absolute Gasteiger partial charge is 0.344 e. The van der Waals surface area contributed by atoms with Crippen molar-refractivity contribution >= 4 is 17.6 Å². The Bertz CT molecular complexity index is 368. The topological polar surface area (TPSA) is 61.5 Å². The molecule has 16 heavy (non-hydrogen) atoms. The number of carbonyl (C=O) groups excluding carboxylic acids is 1. The first-order valence-electron chi connectivity index (χ1n) is 4.88. The third kappa shape index (κ3) is 4.08. The van der Waals surface area contributed by atoms with E-state index in [1.165, 1.54) is 0 Å². The molecule has 4 nitrogen and oxygen atoms in total. The van der Waals surface area contributed by atoms with Crippen molar-refractivity contribution in [1.29, 1.82) is 0 Å². The van der Waals surface area contributed by atoms with Crippen molar-refractivity contribution in [3.63, 3.8) is 0 Å². The average Bonchev–Trinajstić information content (AvgIpc) is 2.25. The van der Waals surface area contributed by atoms with Gasteiger partial charge in [-0.25, -0.2) is 4.79 Å². The summed E-state index contributed by atoms with van der Waals surface area (Å²) < 4.78 is 10.0. The Morgan fingerprint density at radius 3 is 2.88 bits per heavy atom. The van der Waals surface area contributed by atoms with E-state index in [0.717, 1.165) is 5.56 Å². The third-order valence-electron chi connectivity index (χ3n) is 1.86. The average molecular weight is 244 g/mol. The monoisotopic (exact) mass is 243 g/mol. The predicted octanol–water partition coefficient (Wildman–Crippen LogP) is 1.53. The van der Waals surface area contributed by atoms with Crippen molar-refractivity contribution in [2.45, 2.75) is 6.92 Å². The molecular weight excluding hydrogens is 230 g/mol. The highest BCUT2D eigenvalue weighted by molar-refractivity contribution is 6.30. The van der Waals surface area contributed by atoms with E-state index in [1.807, 2.05) is 6.92 Å². The quantitative estimate of drug-likeness (QED) is 0.797. The van der Waals surface area contributed by atoms with Gasteiger partial charge in [0.2, 0.25) is 0 Å². The van der Waals surface area contributed by atoms with Crippen LogP contribution in [0.5, 0.6) is 5.75 Å². The molecule has 88 valence electrons. The van der Waals surface area contributed by atoms with E-state index in [4.69, 9.17) is 26.8 Å². The highest BCUT2D eigenvalue weighted by Gasteiger charge is 2.05. The van der Waals surface area contributed by atoms with Gasteiger partial charge in [-0.15, -0.1) is 0 Å². The van der Waals surface area contributed by atoms with E-state index in [9.17, 15) is 4.79 Å². The second kappa shape index (κ2) is 6.35. The van der Waals surface area contributed by atoms with E-state index >= 15 is 0 Å². The number of hydrogen-bond acceptors (Lipinski definition) is 4. The largest absolute Gasteiger partial charge is 0.482 e. The van der Waals surface area contributed by atoms with Gasteiger partial charge in [0.25, 0.3) is 0 Å². The van der Waals surface area contributed by atoms with Crippen LogP contribution in [0.1, 0.15) is 5.56 Å². The number of ether oxygens (including phenoxy) is 2. The maximum absolute atomic E-state index is 11.1. The summed E-state index contributed by atoms with van der Waals surface area (Å²) in [7, 11) is 0. The first-order valence-corrected chi connectivity index (χ1v) is 5.26. The van der Waals surface area contributed by atoms with Crippen LogP contribution >= 0.6 is 11.6 Å². The number of carbonyl (C=O) groups is 1. The van der Waals surface area contributed by atoms with Crippen molar-refractivity contribution in [2.75, 3.05) is 19.8 Å². The number of nitrogens with two attached hydrogens (primary N) is 1. The third-order valence-corrected chi connectivity index (χ3v) is 2.10. The summed E-state index contributed by atoms with van der Waals surface area (Å²) in [6.07, 6.45) is 0. The molecule has 0 bridgehead atoms. The highest BCUT2D eigenvalue weighted by Crippen LogP contribution is 2.21. The van der Waals surface area contributed by atoms with Crippen molar-refractivity contribution in [3.05, 3.63) is 28.8 Å². The molecule has 0 heterocycles. The van der Waals surface area contributed by atoms with Crippen molar-refractivity contribution < 1.29 is 14.3 Å². The van der Waals surface area contributed by atoms with Gasteiger partial charge in [0, 0.05) is 11.6 Å². The van der Waals surface area contributed by atoms with E-state index in [1.54, 1.807) is 18.2 Å². The highest BCUT2D eigenvalue weighted by atomic mass is 35.5. The lowest BCUT2D eigenvalue weighted by Gasteiger charge is -2.08. The van der Waals surface area contributed by atoms with Crippen LogP contribution in [-0.4, -0.2) is 25.7 Å². The fourth-order valence-electron chi connectivity index (χ4n) is 1.13. The van der Waals surface area contributed by atoms with Gasteiger partial charge in [-0.3, -0.25) is 0 Å². The molecule has 0 aliphatic heterocycles. The van der Waals surface area contributed by atoms with E-state index in [-0.39, 0.29) is 13.2 Å². The van der Waals surface area contributed by atoms with Gasteiger partial charge in [-0.1, -0.05) is 11.6 Å². The SMILES string of the molecule is Cc1cc(Cl)ccc1OCC(=O)OCCN. The molecule has 0 amide bonds. The molecule has 2 N–H and O–H groups in total. The zero-order valence-electron chi connectivity index (χ0n) is 9.03. The second-order valence-corrected chi connectivity index (χ2v) is 3.64. The van der Waals surface area contributed by atoms with Gasteiger partial charge in [-0.2, -0.15) is 0 Å². The number of halogens is 1. The summed E-state index contributed by atoms with van der Waals surface area (Å²) in [5, 5.41) is 0.635. The van der Waals surface area contributed by atoms with Crippen LogP contribution in [-0.2, 0) is 9.53 Å². The minimum atomic E-state index is -0.431. The van der Waals surface area contributed by atoms with E-state index < -0.39 is 5.97 Å². The van der Waals surface area contributed by atoms with E-state index in [2.05, 4.69) is 0 Å². The summed E-state index contributed by atoms with van der Waals surface area (Å²) >= 11 is 5.79. The molecule has 0 radical (unpaired) electrons. The van der Waals surface area contributed by atoms with Gasteiger partial charge in [0.1, 0.15) is 12.4 Å².